The molecular weight excluding hydrogens is 790 g/mol. The summed E-state index contributed by atoms with van der Waals surface area (Å²) in [7, 11) is 0. The van der Waals surface area contributed by atoms with Crippen molar-refractivity contribution >= 4 is 59.1 Å². The first kappa shape index (κ1) is 51.0. The number of carbonyl (C=O) groups excluding carboxylic acids is 10. The van der Waals surface area contributed by atoms with Gasteiger partial charge in [-0.1, -0.05) is 32.6 Å². The van der Waals surface area contributed by atoms with Crippen molar-refractivity contribution in [3.8, 4) is 0 Å². The van der Waals surface area contributed by atoms with Crippen LogP contribution in [0.5, 0.6) is 0 Å². The van der Waals surface area contributed by atoms with Crippen LogP contribution in [0.15, 0.2) is 24.3 Å². The van der Waals surface area contributed by atoms with E-state index in [1.165, 1.54) is 33.8 Å². The van der Waals surface area contributed by atoms with Gasteiger partial charge in [-0.15, -0.1) is 0 Å². The first-order chi connectivity index (χ1) is 27.5. The van der Waals surface area contributed by atoms with Gasteiger partial charge in [-0.2, -0.15) is 0 Å². The Morgan fingerprint density at radius 3 is 1.88 bits per heavy atom. The fourth-order valence-corrected chi connectivity index (χ4v) is 4.83. The lowest BCUT2D eigenvalue weighted by molar-refractivity contribution is -0.152. The molecule has 1 saturated heterocycles. The largest absolute Gasteiger partial charge is 0.460 e. The average molecular weight is 844 g/mol. The summed E-state index contributed by atoms with van der Waals surface area (Å²) >= 11 is 0. The first-order valence-electron chi connectivity index (χ1n) is 17.9. The molecule has 59 heavy (non-hydrogen) atoms. The molecule has 0 aromatic rings. The van der Waals surface area contributed by atoms with Crippen LogP contribution in [0.4, 0.5) is 0 Å². The zero-order valence-electron chi connectivity index (χ0n) is 32.8. The van der Waals surface area contributed by atoms with Crippen LogP contribution in [0.25, 0.3) is 0 Å². The minimum Gasteiger partial charge on any atom is -0.460 e. The zero-order chi connectivity index (χ0) is 45.3. The number of amides is 9. The molecule has 330 valence electrons. The number of allylic oxidation sites excluding steroid dienone is 1. The molecule has 1 fully saturated rings. The molecule has 0 saturated carbocycles. The number of hydrogen-bond acceptors (Lipinski definition) is 16. The third-order valence-corrected chi connectivity index (χ3v) is 8.45. The van der Waals surface area contributed by atoms with Gasteiger partial charge in [0.05, 0.1) is 19.3 Å². The van der Waals surface area contributed by atoms with Crippen LogP contribution in [-0.4, -0.2) is 172 Å². The molecule has 25 nitrogen and oxygen atoms in total. The summed E-state index contributed by atoms with van der Waals surface area (Å²) in [6, 6.07) is -12.2. The summed E-state index contributed by atoms with van der Waals surface area (Å²) in [6.45, 7) is 6.68. The van der Waals surface area contributed by atoms with Gasteiger partial charge in [0.1, 0.15) is 49.0 Å². The molecule has 9 amide bonds. The molecule has 1 heterocycles. The molecule has 1 aliphatic rings. The summed E-state index contributed by atoms with van der Waals surface area (Å²) in [4.78, 5) is 131. The van der Waals surface area contributed by atoms with Crippen molar-refractivity contribution in [2.24, 2.45) is 11.7 Å². The van der Waals surface area contributed by atoms with Crippen LogP contribution in [0, 0.1) is 5.92 Å². The van der Waals surface area contributed by atoms with Crippen LogP contribution < -0.4 is 48.3 Å². The van der Waals surface area contributed by atoms with Gasteiger partial charge in [0.25, 0.3) is 11.8 Å². The van der Waals surface area contributed by atoms with Gasteiger partial charge in [0.15, 0.2) is 6.10 Å². The number of hydrogen-bond donors (Lipinski definition) is 14. The van der Waals surface area contributed by atoms with E-state index in [4.69, 9.17) is 10.5 Å². The van der Waals surface area contributed by atoms with Gasteiger partial charge in [0.2, 0.25) is 47.4 Å². The molecule has 1 rings (SSSR count). The number of nitrogens with two attached hydrogens (primary N) is 1. The number of carbonyl (C=O) groups is 10. The topological polar surface area (TPSA) is 403 Å². The van der Waals surface area contributed by atoms with Gasteiger partial charge < -0.3 is 78.5 Å². The third-order valence-electron chi connectivity index (χ3n) is 8.45. The van der Waals surface area contributed by atoms with Crippen molar-refractivity contribution < 1.29 is 78.2 Å². The Morgan fingerprint density at radius 2 is 1.36 bits per heavy atom. The van der Waals surface area contributed by atoms with E-state index < -0.39 is 152 Å². The Hall–Kier alpha value is -6.02. The highest BCUT2D eigenvalue weighted by atomic mass is 16.5. The Kier molecular flexibility index (Phi) is 20.8. The fourth-order valence-electron chi connectivity index (χ4n) is 4.83. The van der Waals surface area contributed by atoms with E-state index in [0.29, 0.717) is 0 Å². The van der Waals surface area contributed by atoms with Gasteiger partial charge >= 0.3 is 5.97 Å². The maximum atomic E-state index is 13.6. The van der Waals surface area contributed by atoms with E-state index in [1.54, 1.807) is 0 Å². The average Bonchev–Trinajstić information content (AvgIpc) is 3.18. The number of aliphatic hydroxyl groups is 5. The molecule has 0 spiro atoms. The quantitative estimate of drug-likeness (QED) is 0.0375. The van der Waals surface area contributed by atoms with Crippen molar-refractivity contribution in [1.29, 1.82) is 0 Å². The van der Waals surface area contributed by atoms with Crippen molar-refractivity contribution in [2.45, 2.75) is 95.3 Å². The van der Waals surface area contributed by atoms with E-state index in [0.717, 1.165) is 13.0 Å². The number of ether oxygens (including phenoxy) is 1. The zero-order valence-corrected chi connectivity index (χ0v) is 32.8. The Morgan fingerprint density at radius 1 is 0.814 bits per heavy atom. The second kappa shape index (κ2) is 24.0. The van der Waals surface area contributed by atoms with Gasteiger partial charge in [0, 0.05) is 12.1 Å². The standard InChI is InChI=1S/C34H53N9O16/c1-7-9-59-34(58)22-33(57)38-16(10-36-26(50)14(5)8-2)27(51)39-17(12-44)28(52)40-19(13(3)4)31(55)42-21(23(47)24(48)25(35)49)32(56)41-20(15(6)45)30(54)37-11-18(46)29(53)43-22/h7-8,13,15-24,44-48H,1,9-12H2,2-6H3,(H2,35,49)(H,36,50)(H,37,54)(H,38,57)(H,39,51)(H,40,52)(H,41,56)(H,42,55)(H,43,53)/b14-8-. The molecule has 0 aliphatic carbocycles. The summed E-state index contributed by atoms with van der Waals surface area (Å²) < 4.78 is 4.87. The second-order valence-corrected chi connectivity index (χ2v) is 13.4. The Labute approximate surface area is 337 Å². The van der Waals surface area contributed by atoms with E-state index in [2.05, 4.69) is 27.8 Å². The number of β-amino-alcohol motifs (C(OH)–C–C–N with tert-alkyl or cyclic N) is 1. The normalized spacial score (nSPS) is 26.3. The minimum atomic E-state index is -2.52. The number of primary amides is 1. The summed E-state index contributed by atoms with van der Waals surface area (Å²) in [5.74, 6) is -14.2. The molecular formula is C34H53N9O16. The highest BCUT2D eigenvalue weighted by Crippen LogP contribution is 2.09. The number of aliphatic hydroxyl groups excluding tert-OH is 5. The lowest BCUT2D eigenvalue weighted by atomic mass is 9.99. The van der Waals surface area contributed by atoms with Gasteiger partial charge in [-0.3, -0.25) is 43.2 Å². The van der Waals surface area contributed by atoms with Gasteiger partial charge in [-0.05, 0) is 26.7 Å². The predicted octanol–water partition coefficient (Wildman–Crippen LogP) is -8.57. The Balaban J connectivity index is 3.89. The van der Waals surface area contributed by atoms with Crippen LogP contribution in [-0.2, 0) is 52.7 Å². The minimum absolute atomic E-state index is 0.163. The van der Waals surface area contributed by atoms with Crippen molar-refractivity contribution in [3.63, 3.8) is 0 Å². The van der Waals surface area contributed by atoms with Gasteiger partial charge in [-0.25, -0.2) is 4.79 Å². The number of rotatable bonds is 12. The summed E-state index contributed by atoms with van der Waals surface area (Å²) in [5.41, 5.74) is 5.23. The van der Waals surface area contributed by atoms with Crippen molar-refractivity contribution in [1.82, 2.24) is 42.5 Å². The molecule has 10 unspecified atom stereocenters. The van der Waals surface area contributed by atoms with E-state index in [-0.39, 0.29) is 5.57 Å². The highest BCUT2D eigenvalue weighted by Gasteiger charge is 2.41. The molecule has 1 aliphatic heterocycles. The molecule has 0 bridgehead atoms. The monoisotopic (exact) mass is 843 g/mol. The SMILES string of the molecule is C=CCOC(=O)C1NC(=O)C(O)CNC(=O)C(C(C)O)NC(=O)C(C(O)C(O)C(N)=O)NC(=O)C(C(C)C)NC(=O)C(CO)NC(=O)C(CNC(=O)/C(C)=C\C)NC1=O. The molecule has 0 aromatic carbocycles. The third kappa shape index (κ3) is 15.3. The van der Waals surface area contributed by atoms with Crippen molar-refractivity contribution in [3.05, 3.63) is 24.3 Å². The lowest BCUT2D eigenvalue weighted by Gasteiger charge is -2.31. The number of esters is 1. The smallest absolute Gasteiger partial charge is 0.338 e. The van der Waals surface area contributed by atoms with E-state index >= 15 is 0 Å². The van der Waals surface area contributed by atoms with Crippen LogP contribution >= 0.6 is 0 Å². The molecule has 0 radical (unpaired) electrons. The Bertz CT molecular complexity index is 1640. The first-order valence-corrected chi connectivity index (χ1v) is 17.9. The fraction of sp³-hybridized carbons (Fsp3) is 0.588. The summed E-state index contributed by atoms with van der Waals surface area (Å²) in [5, 5.41) is 68.7. The molecule has 25 heteroatoms. The van der Waals surface area contributed by atoms with Crippen molar-refractivity contribution in [2.75, 3.05) is 26.3 Å². The maximum absolute atomic E-state index is 13.6. The van der Waals surface area contributed by atoms with Crippen LogP contribution in [0.1, 0.15) is 34.6 Å². The highest BCUT2D eigenvalue weighted by molar-refractivity contribution is 6.07. The van der Waals surface area contributed by atoms with Crippen LogP contribution in [0.3, 0.4) is 0 Å². The molecule has 0 aromatic heterocycles. The molecule has 10 atom stereocenters. The number of nitrogens with one attached hydrogen (secondary N) is 8. The second-order valence-electron chi connectivity index (χ2n) is 13.4. The van der Waals surface area contributed by atoms with Crippen LogP contribution in [0.2, 0.25) is 0 Å². The lowest BCUT2D eigenvalue weighted by Crippen LogP contribution is -2.66. The molecule has 15 N–H and O–H groups in total. The predicted molar refractivity (Wildman–Crippen MR) is 199 cm³/mol. The maximum Gasteiger partial charge on any atom is 0.338 e. The van der Waals surface area contributed by atoms with E-state index in [9.17, 15) is 73.5 Å². The summed E-state index contributed by atoms with van der Waals surface area (Å²) in [6.07, 6.45) is -6.59. The van der Waals surface area contributed by atoms with E-state index in [1.807, 2.05) is 21.3 Å².